The number of hydrogen-bond acceptors (Lipinski definition) is 4. The molecule has 1 unspecified atom stereocenters. The molecule has 9 heteroatoms. The number of ether oxygens (including phenoxy) is 1. The molecule has 0 spiro atoms. The number of hydrogen-bond donors (Lipinski definition) is 0. The molecule has 0 N–H and O–H groups in total. The van der Waals surface area contributed by atoms with Crippen molar-refractivity contribution in [1.82, 2.24) is 9.88 Å². The van der Waals surface area contributed by atoms with Gasteiger partial charge in [-0.25, -0.2) is 9.37 Å². The first-order valence-electron chi connectivity index (χ1n) is 8.31. The van der Waals surface area contributed by atoms with Gasteiger partial charge in [-0.15, -0.1) is 0 Å². The molecule has 1 aromatic carbocycles. The molecule has 0 radical (unpaired) electrons. The summed E-state index contributed by atoms with van der Waals surface area (Å²) in [4.78, 5) is 20.7. The van der Waals surface area contributed by atoms with Gasteiger partial charge < -0.3 is 14.5 Å². The Balaban J connectivity index is 1.59. The van der Waals surface area contributed by atoms with Gasteiger partial charge in [-0.3, -0.25) is 4.79 Å². The summed E-state index contributed by atoms with van der Waals surface area (Å²) in [6, 6.07) is 5.74. The van der Waals surface area contributed by atoms with Crippen LogP contribution in [-0.4, -0.2) is 48.1 Å². The SMILES string of the molecule is CC(Oc1ccc(F)cc1Br)C(=O)N1CCN(c2ncc(Cl)cc2Cl)CC1. The first-order chi connectivity index (χ1) is 12.8. The van der Waals surface area contributed by atoms with E-state index in [0.717, 1.165) is 0 Å². The Hall–Kier alpha value is -1.57. The third-order valence-corrected chi connectivity index (χ3v) is 5.33. The zero-order valence-electron chi connectivity index (χ0n) is 14.5. The van der Waals surface area contributed by atoms with Gasteiger partial charge >= 0.3 is 0 Å². The molecule has 2 aromatic rings. The molecule has 3 rings (SSSR count). The molecular formula is C18H17BrCl2FN3O2. The normalized spacial score (nSPS) is 15.6. The van der Waals surface area contributed by atoms with Gasteiger partial charge in [-0.05, 0) is 47.1 Å². The highest BCUT2D eigenvalue weighted by atomic mass is 79.9. The molecule has 1 aromatic heterocycles. The lowest BCUT2D eigenvalue weighted by molar-refractivity contribution is -0.138. The van der Waals surface area contributed by atoms with Gasteiger partial charge in [-0.2, -0.15) is 0 Å². The summed E-state index contributed by atoms with van der Waals surface area (Å²) < 4.78 is 19.3. The van der Waals surface area contributed by atoms with Gasteiger partial charge in [0.25, 0.3) is 5.91 Å². The molecular weight excluding hydrogens is 460 g/mol. The van der Waals surface area contributed by atoms with E-state index in [2.05, 4.69) is 20.9 Å². The van der Waals surface area contributed by atoms with Crippen LogP contribution in [0.3, 0.4) is 0 Å². The van der Waals surface area contributed by atoms with Crippen LogP contribution in [0.15, 0.2) is 34.9 Å². The molecule has 1 aliphatic rings. The second-order valence-electron chi connectivity index (χ2n) is 6.11. The first-order valence-corrected chi connectivity index (χ1v) is 9.86. The predicted octanol–water partition coefficient (Wildman–Crippen LogP) is 4.41. The Kier molecular flexibility index (Phi) is 6.44. The topological polar surface area (TPSA) is 45.7 Å². The largest absolute Gasteiger partial charge is 0.480 e. The number of anilines is 1. The lowest BCUT2D eigenvalue weighted by atomic mass is 10.2. The maximum Gasteiger partial charge on any atom is 0.263 e. The first kappa shape index (κ1) is 20.2. The third-order valence-electron chi connectivity index (χ3n) is 4.22. The van der Waals surface area contributed by atoms with Crippen LogP contribution < -0.4 is 9.64 Å². The lowest BCUT2D eigenvalue weighted by Crippen LogP contribution is -2.52. The molecule has 0 saturated carbocycles. The molecule has 1 saturated heterocycles. The van der Waals surface area contributed by atoms with Crippen LogP contribution in [0.4, 0.5) is 10.2 Å². The van der Waals surface area contributed by atoms with Gasteiger partial charge in [0.2, 0.25) is 0 Å². The lowest BCUT2D eigenvalue weighted by Gasteiger charge is -2.36. The standard InChI is InChI=1S/C18H17BrCl2FN3O2/c1-11(27-16-3-2-13(22)9-14(16)19)18(26)25-6-4-24(5-7-25)17-15(21)8-12(20)10-23-17/h2-3,8-11H,4-7H2,1H3. The van der Waals surface area contributed by atoms with Crippen LogP contribution in [0, 0.1) is 5.82 Å². The van der Waals surface area contributed by atoms with E-state index >= 15 is 0 Å². The highest BCUT2D eigenvalue weighted by molar-refractivity contribution is 9.10. The molecule has 1 atom stereocenters. The average molecular weight is 477 g/mol. The predicted molar refractivity (Wildman–Crippen MR) is 107 cm³/mol. The Morgan fingerprint density at radius 3 is 2.59 bits per heavy atom. The van der Waals surface area contributed by atoms with Gasteiger partial charge in [0.1, 0.15) is 17.4 Å². The number of benzene rings is 1. The fourth-order valence-electron chi connectivity index (χ4n) is 2.85. The fraction of sp³-hybridized carbons (Fsp3) is 0.333. The molecule has 1 fully saturated rings. The van der Waals surface area contributed by atoms with Gasteiger partial charge in [0.05, 0.1) is 14.5 Å². The minimum atomic E-state index is -0.685. The molecule has 1 aliphatic heterocycles. The van der Waals surface area contributed by atoms with Crippen LogP contribution in [0.25, 0.3) is 0 Å². The fourth-order valence-corrected chi connectivity index (χ4v) is 3.79. The summed E-state index contributed by atoms with van der Waals surface area (Å²) in [5, 5.41) is 0.968. The van der Waals surface area contributed by atoms with Crippen molar-refractivity contribution in [2.75, 3.05) is 31.1 Å². The van der Waals surface area contributed by atoms with Crippen molar-refractivity contribution < 1.29 is 13.9 Å². The summed E-state index contributed by atoms with van der Waals surface area (Å²) in [7, 11) is 0. The van der Waals surface area contributed by atoms with E-state index in [1.54, 1.807) is 24.1 Å². The Morgan fingerprint density at radius 2 is 1.96 bits per heavy atom. The van der Waals surface area contributed by atoms with E-state index in [-0.39, 0.29) is 11.7 Å². The molecule has 27 heavy (non-hydrogen) atoms. The maximum atomic E-state index is 13.2. The Bertz CT molecular complexity index is 847. The number of carbonyl (C=O) groups is 1. The number of nitrogens with zero attached hydrogens (tertiary/aromatic N) is 3. The van der Waals surface area contributed by atoms with Gasteiger partial charge in [0.15, 0.2) is 6.10 Å². The summed E-state index contributed by atoms with van der Waals surface area (Å²) in [6.07, 6.45) is 0.868. The molecule has 144 valence electrons. The number of pyridine rings is 1. The highest BCUT2D eigenvalue weighted by Crippen LogP contribution is 2.28. The van der Waals surface area contributed by atoms with Crippen LogP contribution in [0.1, 0.15) is 6.92 Å². The maximum absolute atomic E-state index is 13.2. The molecule has 1 amide bonds. The number of amides is 1. The van der Waals surface area contributed by atoms with Crippen molar-refractivity contribution in [1.29, 1.82) is 0 Å². The number of aromatic nitrogens is 1. The van der Waals surface area contributed by atoms with Crippen molar-refractivity contribution in [3.63, 3.8) is 0 Å². The summed E-state index contributed by atoms with van der Waals surface area (Å²) in [6.45, 7) is 3.94. The van der Waals surface area contributed by atoms with Crippen molar-refractivity contribution in [2.24, 2.45) is 0 Å². The van der Waals surface area contributed by atoms with E-state index < -0.39 is 6.10 Å². The van der Waals surface area contributed by atoms with Crippen molar-refractivity contribution in [2.45, 2.75) is 13.0 Å². The van der Waals surface area contributed by atoms with E-state index in [4.69, 9.17) is 27.9 Å². The second kappa shape index (κ2) is 8.63. The number of piperazine rings is 1. The van der Waals surface area contributed by atoms with Crippen LogP contribution in [-0.2, 0) is 4.79 Å². The second-order valence-corrected chi connectivity index (χ2v) is 7.80. The number of carbonyl (C=O) groups excluding carboxylic acids is 1. The molecule has 0 bridgehead atoms. The Morgan fingerprint density at radius 1 is 1.26 bits per heavy atom. The summed E-state index contributed by atoms with van der Waals surface area (Å²) in [5.74, 6) is 0.584. The van der Waals surface area contributed by atoms with Crippen LogP contribution in [0.5, 0.6) is 5.75 Å². The average Bonchev–Trinajstić information content (AvgIpc) is 2.63. The van der Waals surface area contributed by atoms with E-state index in [1.165, 1.54) is 18.2 Å². The Labute approximate surface area is 175 Å². The minimum absolute atomic E-state index is 0.124. The highest BCUT2D eigenvalue weighted by Gasteiger charge is 2.27. The number of rotatable bonds is 4. The van der Waals surface area contributed by atoms with E-state index in [9.17, 15) is 9.18 Å². The zero-order valence-corrected chi connectivity index (χ0v) is 17.6. The van der Waals surface area contributed by atoms with E-state index in [1.807, 2.05) is 4.90 Å². The summed E-state index contributed by atoms with van der Waals surface area (Å²) >= 11 is 15.3. The van der Waals surface area contributed by atoms with Crippen LogP contribution in [0.2, 0.25) is 10.0 Å². The van der Waals surface area contributed by atoms with Gasteiger partial charge in [0, 0.05) is 32.4 Å². The smallest absolute Gasteiger partial charge is 0.263 e. The quantitative estimate of drug-likeness (QED) is 0.655. The monoisotopic (exact) mass is 475 g/mol. The molecule has 0 aliphatic carbocycles. The van der Waals surface area contributed by atoms with Crippen molar-refractivity contribution in [3.05, 3.63) is 50.8 Å². The van der Waals surface area contributed by atoms with Crippen molar-refractivity contribution in [3.8, 4) is 5.75 Å². The minimum Gasteiger partial charge on any atom is -0.480 e. The van der Waals surface area contributed by atoms with E-state index in [0.29, 0.717) is 52.3 Å². The molecule has 2 heterocycles. The van der Waals surface area contributed by atoms with Crippen molar-refractivity contribution >= 4 is 50.9 Å². The van der Waals surface area contributed by atoms with Crippen LogP contribution >= 0.6 is 39.1 Å². The third kappa shape index (κ3) is 4.83. The zero-order chi connectivity index (χ0) is 19.6. The summed E-state index contributed by atoms with van der Waals surface area (Å²) in [5.41, 5.74) is 0. The number of halogens is 4. The molecule has 5 nitrogen and oxygen atoms in total. The van der Waals surface area contributed by atoms with Gasteiger partial charge in [-0.1, -0.05) is 23.2 Å².